The molecule has 1 aliphatic rings. The Kier molecular flexibility index (Phi) is 6.57. The highest BCUT2D eigenvalue weighted by Crippen LogP contribution is 2.38. The molecule has 4 rings (SSSR count). The maximum Gasteiger partial charge on any atom is 0.416 e. The Bertz CT molecular complexity index is 1280. The summed E-state index contributed by atoms with van der Waals surface area (Å²) in [7, 11) is 0. The van der Waals surface area contributed by atoms with Gasteiger partial charge in [-0.1, -0.05) is 17.7 Å². The van der Waals surface area contributed by atoms with E-state index >= 15 is 0 Å². The van der Waals surface area contributed by atoms with Crippen LogP contribution < -0.4 is 15.5 Å². The van der Waals surface area contributed by atoms with Crippen LogP contribution in [-0.2, 0) is 15.7 Å². The summed E-state index contributed by atoms with van der Waals surface area (Å²) in [5.74, 6) is -1.48. The second kappa shape index (κ2) is 9.28. The number of benzene rings is 2. The van der Waals surface area contributed by atoms with Gasteiger partial charge in [0.15, 0.2) is 16.6 Å². The normalized spacial score (nSPS) is 18.7. The number of rotatable bonds is 6. The van der Waals surface area contributed by atoms with Gasteiger partial charge in [-0.3, -0.25) is 4.79 Å². The predicted octanol–water partition coefficient (Wildman–Crippen LogP) is 4.34. The second-order valence-electron chi connectivity index (χ2n) is 7.72. The van der Waals surface area contributed by atoms with Crippen LogP contribution in [0, 0.1) is 0 Å². The number of morpholine rings is 1. The Labute approximate surface area is 196 Å². The number of aliphatic carboxylic acids is 1. The summed E-state index contributed by atoms with van der Waals surface area (Å²) in [5.41, 5.74) is -2.81. The molecular weight excluding hydrogens is 479 g/mol. The van der Waals surface area contributed by atoms with Gasteiger partial charge in [0.2, 0.25) is 0 Å². The van der Waals surface area contributed by atoms with Gasteiger partial charge in [0.05, 0.1) is 34.7 Å². The third-order valence-electron chi connectivity index (χ3n) is 5.50. The van der Waals surface area contributed by atoms with Gasteiger partial charge in [-0.05, 0) is 30.3 Å². The molecule has 180 valence electrons. The predicted molar refractivity (Wildman–Crippen MR) is 117 cm³/mol. The lowest BCUT2D eigenvalue weighted by Gasteiger charge is -2.33. The molecule has 2 aromatic carbocycles. The van der Waals surface area contributed by atoms with Crippen molar-refractivity contribution < 1.29 is 37.0 Å². The Morgan fingerprint density at radius 1 is 1.24 bits per heavy atom. The minimum Gasteiger partial charge on any atom is -0.493 e. The van der Waals surface area contributed by atoms with Crippen molar-refractivity contribution in [2.45, 2.75) is 18.2 Å². The summed E-state index contributed by atoms with van der Waals surface area (Å²) in [4.78, 5) is 24.3. The summed E-state index contributed by atoms with van der Waals surface area (Å²) < 4.78 is 56.9. The standard InChI is InChI=1S/C23H19ClF3NO6/c24-16-3-1-2-14-17(29)11-19(34-20(14)16)15-5-4-13(23(25,26)27)10-18(15)32-8-6-22(21(30)31)12-28-7-9-33-22/h1-5,10-11,28H,6-9,12H2,(H,30,31). The Hall–Kier alpha value is -3.08. The lowest BCUT2D eigenvalue weighted by Crippen LogP contribution is -2.55. The number of fused-ring (bicyclic) bond motifs is 1. The zero-order valence-corrected chi connectivity index (χ0v) is 18.3. The van der Waals surface area contributed by atoms with Crippen molar-refractivity contribution in [3.05, 3.63) is 63.3 Å². The average molecular weight is 498 g/mol. The molecule has 0 aliphatic carbocycles. The lowest BCUT2D eigenvalue weighted by atomic mass is 9.98. The second-order valence-corrected chi connectivity index (χ2v) is 8.13. The van der Waals surface area contributed by atoms with E-state index in [1.54, 1.807) is 6.07 Å². The first kappa shape index (κ1) is 24.1. The first-order valence-corrected chi connectivity index (χ1v) is 10.6. The molecule has 3 aromatic rings. The Balaban J connectivity index is 1.71. The average Bonchev–Trinajstić information content (AvgIpc) is 2.79. The number of carboxylic acids is 1. The van der Waals surface area contributed by atoms with E-state index in [1.165, 1.54) is 12.1 Å². The van der Waals surface area contributed by atoms with Gasteiger partial charge in [-0.2, -0.15) is 13.2 Å². The van der Waals surface area contributed by atoms with Crippen LogP contribution in [0.2, 0.25) is 5.02 Å². The van der Waals surface area contributed by atoms with E-state index < -0.39 is 28.7 Å². The van der Waals surface area contributed by atoms with Gasteiger partial charge in [0.1, 0.15) is 11.5 Å². The molecule has 2 heterocycles. The number of nitrogens with one attached hydrogen (secondary N) is 1. The zero-order valence-electron chi connectivity index (χ0n) is 17.6. The minimum absolute atomic E-state index is 0.0270. The molecule has 7 nitrogen and oxygen atoms in total. The van der Waals surface area contributed by atoms with Gasteiger partial charge >= 0.3 is 12.1 Å². The fourth-order valence-electron chi connectivity index (χ4n) is 3.69. The fourth-order valence-corrected chi connectivity index (χ4v) is 3.90. The van der Waals surface area contributed by atoms with Crippen LogP contribution in [0.25, 0.3) is 22.3 Å². The SMILES string of the molecule is O=C(O)C1(CCOc2cc(C(F)(F)F)ccc2-c2cc(=O)c3cccc(Cl)c3o2)CNCCO1. The van der Waals surface area contributed by atoms with Crippen molar-refractivity contribution >= 4 is 28.5 Å². The van der Waals surface area contributed by atoms with Gasteiger partial charge in [0.25, 0.3) is 0 Å². The van der Waals surface area contributed by atoms with Crippen LogP contribution in [0.3, 0.4) is 0 Å². The number of carboxylic acid groups (broad SMARTS) is 1. The molecule has 1 saturated heterocycles. The van der Waals surface area contributed by atoms with Crippen molar-refractivity contribution in [3.8, 4) is 17.1 Å². The molecule has 0 amide bonds. The summed E-state index contributed by atoms with van der Waals surface area (Å²) >= 11 is 6.14. The number of ether oxygens (including phenoxy) is 2. The Morgan fingerprint density at radius 2 is 2.03 bits per heavy atom. The molecule has 1 aliphatic heterocycles. The van der Waals surface area contributed by atoms with Gasteiger partial charge in [-0.15, -0.1) is 0 Å². The van der Waals surface area contributed by atoms with Crippen LogP contribution >= 0.6 is 11.6 Å². The van der Waals surface area contributed by atoms with Crippen LogP contribution in [-0.4, -0.2) is 43.0 Å². The largest absolute Gasteiger partial charge is 0.493 e. The first-order chi connectivity index (χ1) is 16.1. The number of hydrogen-bond donors (Lipinski definition) is 2. The molecule has 0 saturated carbocycles. The highest BCUT2D eigenvalue weighted by molar-refractivity contribution is 6.34. The molecular formula is C23H19ClF3NO6. The van der Waals surface area contributed by atoms with E-state index in [1.807, 2.05) is 0 Å². The summed E-state index contributed by atoms with van der Waals surface area (Å²) in [6.07, 6.45) is -4.78. The van der Waals surface area contributed by atoms with E-state index in [0.717, 1.165) is 24.3 Å². The lowest BCUT2D eigenvalue weighted by molar-refractivity contribution is -0.171. The minimum atomic E-state index is -4.65. The third-order valence-corrected chi connectivity index (χ3v) is 5.80. The van der Waals surface area contributed by atoms with Crippen molar-refractivity contribution in [2.75, 3.05) is 26.3 Å². The van der Waals surface area contributed by atoms with E-state index in [9.17, 15) is 27.9 Å². The van der Waals surface area contributed by atoms with E-state index in [2.05, 4.69) is 5.32 Å². The molecule has 11 heteroatoms. The van der Waals surface area contributed by atoms with E-state index in [4.69, 9.17) is 25.5 Å². The van der Waals surface area contributed by atoms with Crippen LogP contribution in [0.1, 0.15) is 12.0 Å². The zero-order chi connectivity index (χ0) is 24.5. The fraction of sp³-hybridized carbons (Fsp3) is 0.304. The molecule has 0 radical (unpaired) electrons. The molecule has 1 aromatic heterocycles. The molecule has 1 fully saturated rings. The summed E-state index contributed by atoms with van der Waals surface area (Å²) in [6, 6.07) is 8.50. The number of carbonyl (C=O) groups is 1. The number of para-hydroxylation sites is 1. The maximum absolute atomic E-state index is 13.4. The molecule has 2 N–H and O–H groups in total. The third kappa shape index (κ3) is 4.75. The Morgan fingerprint density at radius 3 is 2.71 bits per heavy atom. The summed E-state index contributed by atoms with van der Waals surface area (Å²) in [5, 5.41) is 12.9. The monoisotopic (exact) mass is 497 g/mol. The van der Waals surface area contributed by atoms with Crippen molar-refractivity contribution in [2.24, 2.45) is 0 Å². The van der Waals surface area contributed by atoms with Crippen molar-refractivity contribution in [1.82, 2.24) is 5.32 Å². The molecule has 34 heavy (non-hydrogen) atoms. The van der Waals surface area contributed by atoms with Crippen LogP contribution in [0.4, 0.5) is 13.2 Å². The maximum atomic E-state index is 13.4. The van der Waals surface area contributed by atoms with Crippen molar-refractivity contribution in [3.63, 3.8) is 0 Å². The van der Waals surface area contributed by atoms with Gasteiger partial charge in [-0.25, -0.2) is 4.79 Å². The number of halogens is 4. The highest BCUT2D eigenvalue weighted by atomic mass is 35.5. The van der Waals surface area contributed by atoms with E-state index in [-0.39, 0.29) is 59.2 Å². The molecule has 0 bridgehead atoms. The molecule has 1 atom stereocenters. The van der Waals surface area contributed by atoms with Crippen LogP contribution in [0.5, 0.6) is 5.75 Å². The van der Waals surface area contributed by atoms with Gasteiger partial charge < -0.3 is 24.3 Å². The van der Waals surface area contributed by atoms with Crippen molar-refractivity contribution in [1.29, 1.82) is 0 Å². The van der Waals surface area contributed by atoms with Gasteiger partial charge in [0, 0.05) is 25.6 Å². The first-order valence-electron chi connectivity index (χ1n) is 10.3. The quantitative estimate of drug-likeness (QED) is 0.522. The topological polar surface area (TPSA) is 98.0 Å². The number of alkyl halides is 3. The molecule has 1 unspecified atom stereocenters. The summed E-state index contributed by atoms with van der Waals surface area (Å²) in [6.45, 7) is 0.418. The smallest absolute Gasteiger partial charge is 0.416 e. The number of hydrogen-bond acceptors (Lipinski definition) is 6. The van der Waals surface area contributed by atoms with E-state index in [0.29, 0.717) is 6.54 Å². The van der Waals surface area contributed by atoms with Crippen LogP contribution in [0.15, 0.2) is 51.7 Å². The highest BCUT2D eigenvalue weighted by Gasteiger charge is 2.41. The molecule has 0 spiro atoms.